The molecule has 0 saturated carbocycles. The third kappa shape index (κ3) is 2.71. The number of fused-ring (bicyclic) bond motifs is 1. The largest absolute Gasteiger partial charge is 0.492 e. The van der Waals surface area contributed by atoms with E-state index in [0.717, 1.165) is 5.56 Å². The summed E-state index contributed by atoms with van der Waals surface area (Å²) >= 11 is 0. The van der Waals surface area contributed by atoms with Crippen LogP contribution in [0.4, 0.5) is 5.82 Å². The molecule has 0 spiro atoms. The van der Waals surface area contributed by atoms with Gasteiger partial charge in [-0.05, 0) is 6.07 Å². The number of carboxylic acids is 1. The number of ether oxygens (including phenoxy) is 1. The summed E-state index contributed by atoms with van der Waals surface area (Å²) in [5, 5.41) is 15.3. The predicted octanol–water partition coefficient (Wildman–Crippen LogP) is 1.08. The highest BCUT2D eigenvalue weighted by Gasteiger charge is 2.30. The van der Waals surface area contributed by atoms with Gasteiger partial charge in [0.2, 0.25) is 5.91 Å². The maximum atomic E-state index is 12.3. The predicted molar refractivity (Wildman–Crippen MR) is 73.2 cm³/mol. The Hall–Kier alpha value is -2.83. The molecule has 0 fully saturated rings. The lowest BCUT2D eigenvalue weighted by Crippen LogP contribution is -2.22. The zero-order valence-electron chi connectivity index (χ0n) is 11.0. The molecule has 1 aliphatic rings. The molecule has 0 saturated heterocycles. The molecule has 108 valence electrons. The second-order valence-electron chi connectivity index (χ2n) is 4.68. The third-order valence-corrected chi connectivity index (χ3v) is 3.21. The molecule has 2 heterocycles. The van der Waals surface area contributed by atoms with Crippen LogP contribution in [0.1, 0.15) is 11.5 Å². The van der Waals surface area contributed by atoms with E-state index in [0.29, 0.717) is 18.2 Å². The number of aliphatic carboxylic acids is 1. The van der Waals surface area contributed by atoms with E-state index >= 15 is 0 Å². The number of benzene rings is 1. The Bertz CT molecular complexity index is 695. The molecule has 1 aliphatic heterocycles. The second-order valence-corrected chi connectivity index (χ2v) is 4.68. The van der Waals surface area contributed by atoms with Crippen molar-refractivity contribution in [3.8, 4) is 5.75 Å². The zero-order valence-corrected chi connectivity index (χ0v) is 11.0. The number of nitrogens with one attached hydrogen (secondary N) is 1. The molecule has 0 radical (unpaired) electrons. The van der Waals surface area contributed by atoms with E-state index in [1.807, 2.05) is 24.3 Å². The van der Waals surface area contributed by atoms with Gasteiger partial charge in [-0.2, -0.15) is 5.10 Å². The van der Waals surface area contributed by atoms with Gasteiger partial charge in [-0.1, -0.05) is 18.2 Å². The zero-order chi connectivity index (χ0) is 14.8. The topological polar surface area (TPSA) is 93.5 Å². The summed E-state index contributed by atoms with van der Waals surface area (Å²) in [6.45, 7) is 0.0479. The van der Waals surface area contributed by atoms with Crippen molar-refractivity contribution in [2.45, 2.75) is 12.5 Å². The molecule has 1 aromatic heterocycles. The van der Waals surface area contributed by atoms with Crippen molar-refractivity contribution in [2.24, 2.45) is 0 Å². The van der Waals surface area contributed by atoms with Gasteiger partial charge in [0.1, 0.15) is 24.8 Å². The van der Waals surface area contributed by atoms with E-state index in [2.05, 4.69) is 10.4 Å². The number of hydrogen-bond donors (Lipinski definition) is 2. The third-order valence-electron chi connectivity index (χ3n) is 3.21. The number of rotatable bonds is 4. The van der Waals surface area contributed by atoms with E-state index < -0.39 is 5.97 Å². The number of hydrogen-bond acceptors (Lipinski definition) is 4. The van der Waals surface area contributed by atoms with Crippen molar-refractivity contribution in [1.82, 2.24) is 9.78 Å². The lowest BCUT2D eigenvalue weighted by atomic mass is 10.0. The first kappa shape index (κ1) is 13.2. The number of para-hydroxylation sites is 1. The average Bonchev–Trinajstić information content (AvgIpc) is 3.04. The summed E-state index contributed by atoms with van der Waals surface area (Å²) in [5.41, 5.74) is 0.847. The maximum Gasteiger partial charge on any atom is 0.325 e. The van der Waals surface area contributed by atoms with Gasteiger partial charge in [0, 0.05) is 17.8 Å². The summed E-state index contributed by atoms with van der Waals surface area (Å²) in [6, 6.07) is 8.95. The Balaban J connectivity index is 1.70. The first-order valence-corrected chi connectivity index (χ1v) is 6.41. The highest BCUT2D eigenvalue weighted by molar-refractivity contribution is 5.96. The molecular weight excluding hydrogens is 274 g/mol. The van der Waals surface area contributed by atoms with Crippen molar-refractivity contribution in [1.29, 1.82) is 0 Å². The summed E-state index contributed by atoms with van der Waals surface area (Å²) in [5.74, 6) is -0.555. The summed E-state index contributed by atoms with van der Waals surface area (Å²) < 4.78 is 6.71. The van der Waals surface area contributed by atoms with Gasteiger partial charge >= 0.3 is 5.97 Å². The van der Waals surface area contributed by atoms with Gasteiger partial charge in [0.05, 0.1) is 0 Å². The molecule has 7 nitrogen and oxygen atoms in total. The smallest absolute Gasteiger partial charge is 0.325 e. The Kier molecular flexibility index (Phi) is 3.31. The lowest BCUT2D eigenvalue weighted by molar-refractivity contribution is -0.137. The first-order valence-electron chi connectivity index (χ1n) is 6.41. The molecule has 0 aliphatic carbocycles. The van der Waals surface area contributed by atoms with E-state index in [1.54, 1.807) is 6.07 Å². The summed E-state index contributed by atoms with van der Waals surface area (Å²) in [6.07, 6.45) is 1.50. The van der Waals surface area contributed by atoms with Gasteiger partial charge in [0.15, 0.2) is 5.82 Å². The average molecular weight is 287 g/mol. The van der Waals surface area contributed by atoms with Gasteiger partial charge < -0.3 is 15.2 Å². The molecule has 7 heteroatoms. The van der Waals surface area contributed by atoms with Crippen LogP contribution in [0.25, 0.3) is 0 Å². The fraction of sp³-hybridized carbons (Fsp3) is 0.214. The Morgan fingerprint density at radius 3 is 3.00 bits per heavy atom. The fourth-order valence-electron chi connectivity index (χ4n) is 2.25. The number of amides is 1. The lowest BCUT2D eigenvalue weighted by Gasteiger charge is -2.08. The molecule has 21 heavy (non-hydrogen) atoms. The van der Waals surface area contributed by atoms with Crippen LogP contribution in [0, 0.1) is 0 Å². The van der Waals surface area contributed by atoms with Crippen LogP contribution >= 0.6 is 0 Å². The Labute approximate surface area is 120 Å². The first-order chi connectivity index (χ1) is 10.1. The van der Waals surface area contributed by atoms with Crippen molar-refractivity contribution >= 4 is 17.7 Å². The molecule has 0 bridgehead atoms. The Morgan fingerprint density at radius 1 is 1.38 bits per heavy atom. The quantitative estimate of drug-likeness (QED) is 0.877. The normalized spacial score (nSPS) is 16.1. The van der Waals surface area contributed by atoms with E-state index in [9.17, 15) is 9.59 Å². The highest BCUT2D eigenvalue weighted by Crippen LogP contribution is 2.33. The molecule has 1 amide bonds. The van der Waals surface area contributed by atoms with Crippen LogP contribution in [0.2, 0.25) is 0 Å². The minimum atomic E-state index is -0.992. The highest BCUT2D eigenvalue weighted by atomic mass is 16.5. The number of carbonyl (C=O) groups excluding carboxylic acids is 1. The SMILES string of the molecule is O=C(O)Cn1ccc(NC(=O)[C@@H]2COc3ccccc32)n1. The number of aromatic nitrogens is 2. The van der Waals surface area contributed by atoms with Gasteiger partial charge in [-0.3, -0.25) is 14.3 Å². The van der Waals surface area contributed by atoms with Crippen LogP contribution < -0.4 is 10.1 Å². The monoisotopic (exact) mass is 287 g/mol. The second kappa shape index (κ2) is 5.28. The van der Waals surface area contributed by atoms with Gasteiger partial charge in [-0.15, -0.1) is 0 Å². The molecule has 1 atom stereocenters. The molecule has 1 aromatic carbocycles. The molecule has 2 aromatic rings. The minimum absolute atomic E-state index is 0.222. The number of nitrogens with zero attached hydrogens (tertiary/aromatic N) is 2. The van der Waals surface area contributed by atoms with Crippen LogP contribution in [0.15, 0.2) is 36.5 Å². The maximum absolute atomic E-state index is 12.3. The minimum Gasteiger partial charge on any atom is -0.492 e. The molecule has 2 N–H and O–H groups in total. The van der Waals surface area contributed by atoms with Crippen LogP contribution in [-0.2, 0) is 16.1 Å². The van der Waals surface area contributed by atoms with Crippen LogP contribution in [-0.4, -0.2) is 33.4 Å². The fourth-order valence-corrected chi connectivity index (χ4v) is 2.25. The Morgan fingerprint density at radius 2 is 2.19 bits per heavy atom. The van der Waals surface area contributed by atoms with Crippen molar-refractivity contribution in [3.05, 3.63) is 42.1 Å². The number of carboxylic acid groups (broad SMARTS) is 1. The summed E-state index contributed by atoms with van der Waals surface area (Å²) in [7, 11) is 0. The van der Waals surface area contributed by atoms with E-state index in [-0.39, 0.29) is 18.4 Å². The number of anilines is 1. The molecule has 0 unspecified atom stereocenters. The van der Waals surface area contributed by atoms with Gasteiger partial charge in [-0.25, -0.2) is 0 Å². The van der Waals surface area contributed by atoms with Gasteiger partial charge in [0.25, 0.3) is 0 Å². The van der Waals surface area contributed by atoms with Crippen molar-refractivity contribution in [2.75, 3.05) is 11.9 Å². The van der Waals surface area contributed by atoms with E-state index in [4.69, 9.17) is 9.84 Å². The van der Waals surface area contributed by atoms with Crippen LogP contribution in [0.3, 0.4) is 0 Å². The van der Waals surface area contributed by atoms with Crippen molar-refractivity contribution < 1.29 is 19.4 Å². The van der Waals surface area contributed by atoms with Crippen LogP contribution in [0.5, 0.6) is 5.75 Å². The van der Waals surface area contributed by atoms with E-state index in [1.165, 1.54) is 10.9 Å². The number of carbonyl (C=O) groups is 2. The molecular formula is C14H13N3O4. The summed E-state index contributed by atoms with van der Waals surface area (Å²) in [4.78, 5) is 22.8. The van der Waals surface area contributed by atoms with Crippen molar-refractivity contribution in [3.63, 3.8) is 0 Å². The standard InChI is InChI=1S/C14H13N3O4/c18-13(19)7-17-6-5-12(16-17)15-14(20)10-8-21-11-4-2-1-3-9(10)11/h1-6,10H,7-8H2,(H,18,19)(H,15,16,20)/t10-/m1/s1. The molecule has 3 rings (SSSR count).